The van der Waals surface area contributed by atoms with Gasteiger partial charge in [0.15, 0.2) is 5.13 Å². The first-order chi connectivity index (χ1) is 9.43. The van der Waals surface area contributed by atoms with E-state index < -0.39 is 5.97 Å². The first-order valence-corrected chi connectivity index (χ1v) is 7.34. The first kappa shape index (κ1) is 14.5. The Morgan fingerprint density at radius 1 is 1.35 bits per heavy atom. The maximum absolute atomic E-state index is 12.2. The molecule has 106 valence electrons. The molecule has 6 nitrogen and oxygen atoms in total. The quantitative estimate of drug-likeness (QED) is 0.849. The number of aromatic nitrogens is 1. The van der Waals surface area contributed by atoms with Crippen LogP contribution < -0.4 is 11.1 Å². The zero-order valence-corrected chi connectivity index (χ0v) is 12.8. The summed E-state index contributed by atoms with van der Waals surface area (Å²) in [6, 6.07) is 0. The maximum atomic E-state index is 12.2. The second kappa shape index (κ2) is 5.59. The third-order valence-corrected chi connectivity index (χ3v) is 4.67. The second-order valence-electron chi connectivity index (χ2n) is 4.04. The standard InChI is InChI=1S/C12H13N3O3S2/c1-5-4-19-9(11(17)18-3)7(5)15-10(16)8-6(2)14-12(13)20-8/h4H,1-3H3,(H2,13,14)(H,15,16). The van der Waals surface area contributed by atoms with Gasteiger partial charge < -0.3 is 15.8 Å². The van der Waals surface area contributed by atoms with Gasteiger partial charge in [-0.2, -0.15) is 0 Å². The van der Waals surface area contributed by atoms with Gasteiger partial charge >= 0.3 is 5.97 Å². The van der Waals surface area contributed by atoms with Crippen molar-refractivity contribution in [3.63, 3.8) is 0 Å². The zero-order chi connectivity index (χ0) is 14.9. The number of anilines is 2. The number of methoxy groups -OCH3 is 1. The number of carbonyl (C=O) groups excluding carboxylic acids is 2. The fraction of sp³-hybridized carbons (Fsp3) is 0.250. The van der Waals surface area contributed by atoms with Crippen LogP contribution in [-0.4, -0.2) is 24.0 Å². The van der Waals surface area contributed by atoms with E-state index in [0.29, 0.717) is 26.3 Å². The summed E-state index contributed by atoms with van der Waals surface area (Å²) in [4.78, 5) is 28.7. The van der Waals surface area contributed by atoms with Gasteiger partial charge in [-0.3, -0.25) is 4.79 Å². The Kier molecular flexibility index (Phi) is 4.05. The van der Waals surface area contributed by atoms with Crippen molar-refractivity contribution in [1.82, 2.24) is 4.98 Å². The number of nitrogen functional groups attached to an aromatic ring is 1. The number of nitrogens with two attached hydrogens (primary N) is 1. The van der Waals surface area contributed by atoms with Crippen molar-refractivity contribution in [2.45, 2.75) is 13.8 Å². The van der Waals surface area contributed by atoms with Crippen molar-refractivity contribution in [2.24, 2.45) is 0 Å². The van der Waals surface area contributed by atoms with Crippen molar-refractivity contribution < 1.29 is 14.3 Å². The molecule has 2 heterocycles. The van der Waals surface area contributed by atoms with Crippen LogP contribution >= 0.6 is 22.7 Å². The van der Waals surface area contributed by atoms with E-state index in [0.717, 1.165) is 16.9 Å². The van der Waals surface area contributed by atoms with Gasteiger partial charge in [0.05, 0.1) is 18.5 Å². The van der Waals surface area contributed by atoms with Gasteiger partial charge in [-0.1, -0.05) is 11.3 Å². The zero-order valence-electron chi connectivity index (χ0n) is 11.1. The highest BCUT2D eigenvalue weighted by Gasteiger charge is 2.21. The maximum Gasteiger partial charge on any atom is 0.350 e. The predicted octanol–water partition coefficient (Wildman–Crippen LogP) is 2.44. The number of hydrogen-bond donors (Lipinski definition) is 2. The number of thiophene rings is 1. The van der Waals surface area contributed by atoms with Gasteiger partial charge in [0, 0.05) is 0 Å². The number of amides is 1. The third kappa shape index (κ3) is 2.66. The minimum atomic E-state index is -0.473. The molecule has 0 fully saturated rings. The van der Waals surface area contributed by atoms with Crippen molar-refractivity contribution in [1.29, 1.82) is 0 Å². The van der Waals surface area contributed by atoms with E-state index in [1.54, 1.807) is 12.3 Å². The highest BCUT2D eigenvalue weighted by molar-refractivity contribution is 7.17. The molecule has 0 aliphatic carbocycles. The van der Waals surface area contributed by atoms with Crippen LogP contribution in [0.3, 0.4) is 0 Å². The fourth-order valence-corrected chi connectivity index (χ4v) is 3.29. The molecule has 2 rings (SSSR count). The van der Waals surface area contributed by atoms with E-state index in [4.69, 9.17) is 10.5 Å². The molecule has 0 atom stereocenters. The minimum Gasteiger partial charge on any atom is -0.465 e. The van der Waals surface area contributed by atoms with Crippen LogP contribution in [0.1, 0.15) is 30.6 Å². The van der Waals surface area contributed by atoms with Gasteiger partial charge in [-0.05, 0) is 24.8 Å². The largest absolute Gasteiger partial charge is 0.465 e. The summed E-state index contributed by atoms with van der Waals surface area (Å²) >= 11 is 2.34. The van der Waals surface area contributed by atoms with Gasteiger partial charge in [0.25, 0.3) is 5.91 Å². The SMILES string of the molecule is COC(=O)c1scc(C)c1NC(=O)c1sc(N)nc1C. The number of aryl methyl sites for hydroxylation is 2. The lowest BCUT2D eigenvalue weighted by Gasteiger charge is -2.06. The molecule has 0 radical (unpaired) electrons. The van der Waals surface area contributed by atoms with Crippen LogP contribution in [0.2, 0.25) is 0 Å². The molecule has 0 spiro atoms. The monoisotopic (exact) mass is 311 g/mol. The highest BCUT2D eigenvalue weighted by atomic mass is 32.1. The molecule has 0 saturated carbocycles. The van der Waals surface area contributed by atoms with Gasteiger partial charge in [-0.15, -0.1) is 11.3 Å². The van der Waals surface area contributed by atoms with Gasteiger partial charge in [0.1, 0.15) is 9.75 Å². The lowest BCUT2D eigenvalue weighted by molar-refractivity contribution is 0.0607. The average molecular weight is 311 g/mol. The summed E-state index contributed by atoms with van der Waals surface area (Å²) in [5, 5.41) is 4.85. The number of carbonyl (C=O) groups is 2. The second-order valence-corrected chi connectivity index (χ2v) is 5.95. The average Bonchev–Trinajstić information content (AvgIpc) is 2.92. The molecule has 0 aliphatic heterocycles. The van der Waals surface area contributed by atoms with Crippen molar-refractivity contribution in [3.05, 3.63) is 26.4 Å². The fourth-order valence-electron chi connectivity index (χ4n) is 1.64. The summed E-state index contributed by atoms with van der Waals surface area (Å²) in [6.07, 6.45) is 0. The number of thiazole rings is 1. The summed E-state index contributed by atoms with van der Waals surface area (Å²) < 4.78 is 4.70. The molecule has 0 aromatic carbocycles. The summed E-state index contributed by atoms with van der Waals surface area (Å²) in [5.74, 6) is -0.803. The van der Waals surface area contributed by atoms with Crippen LogP contribution in [0.25, 0.3) is 0 Å². The highest BCUT2D eigenvalue weighted by Crippen LogP contribution is 2.30. The Morgan fingerprint density at radius 3 is 2.60 bits per heavy atom. The van der Waals surface area contributed by atoms with E-state index in [1.165, 1.54) is 18.4 Å². The van der Waals surface area contributed by atoms with Crippen LogP contribution in [-0.2, 0) is 4.74 Å². The number of esters is 1. The number of hydrogen-bond acceptors (Lipinski definition) is 7. The molecule has 2 aromatic heterocycles. The smallest absolute Gasteiger partial charge is 0.350 e. The molecule has 0 unspecified atom stereocenters. The molecule has 0 saturated heterocycles. The summed E-state index contributed by atoms with van der Waals surface area (Å²) in [5.41, 5.74) is 7.42. The number of ether oxygens (including phenoxy) is 1. The lowest BCUT2D eigenvalue weighted by atomic mass is 10.2. The topological polar surface area (TPSA) is 94.3 Å². The van der Waals surface area contributed by atoms with E-state index in [9.17, 15) is 9.59 Å². The third-order valence-electron chi connectivity index (χ3n) is 2.60. The minimum absolute atomic E-state index is 0.330. The van der Waals surface area contributed by atoms with Crippen LogP contribution in [0.5, 0.6) is 0 Å². The molecule has 0 aliphatic rings. The Hall–Kier alpha value is -1.93. The summed E-state index contributed by atoms with van der Waals surface area (Å²) in [7, 11) is 1.30. The van der Waals surface area contributed by atoms with Gasteiger partial charge in [0.2, 0.25) is 0 Å². The number of rotatable bonds is 3. The molecule has 2 aromatic rings. The summed E-state index contributed by atoms with van der Waals surface area (Å²) in [6.45, 7) is 3.52. The van der Waals surface area contributed by atoms with Crippen molar-refractivity contribution >= 4 is 45.4 Å². The Morgan fingerprint density at radius 2 is 2.05 bits per heavy atom. The molecule has 20 heavy (non-hydrogen) atoms. The predicted molar refractivity (Wildman–Crippen MR) is 79.6 cm³/mol. The van der Waals surface area contributed by atoms with E-state index in [-0.39, 0.29) is 5.91 Å². The first-order valence-electron chi connectivity index (χ1n) is 5.64. The number of nitrogens with one attached hydrogen (secondary N) is 1. The molecular weight excluding hydrogens is 298 g/mol. The van der Waals surface area contributed by atoms with Crippen molar-refractivity contribution in [2.75, 3.05) is 18.2 Å². The molecule has 3 N–H and O–H groups in total. The molecule has 8 heteroatoms. The Labute approximate surface area is 123 Å². The molecule has 1 amide bonds. The Balaban J connectivity index is 2.30. The van der Waals surface area contributed by atoms with Crippen LogP contribution in [0, 0.1) is 13.8 Å². The lowest BCUT2D eigenvalue weighted by Crippen LogP contribution is -2.14. The van der Waals surface area contributed by atoms with E-state index in [1.807, 2.05) is 6.92 Å². The van der Waals surface area contributed by atoms with Crippen LogP contribution in [0.15, 0.2) is 5.38 Å². The van der Waals surface area contributed by atoms with E-state index in [2.05, 4.69) is 10.3 Å². The van der Waals surface area contributed by atoms with Gasteiger partial charge in [-0.25, -0.2) is 9.78 Å². The van der Waals surface area contributed by atoms with E-state index >= 15 is 0 Å². The number of nitrogens with zero attached hydrogens (tertiary/aromatic N) is 1. The normalized spacial score (nSPS) is 10.3. The van der Waals surface area contributed by atoms with Crippen molar-refractivity contribution in [3.8, 4) is 0 Å². The Bertz CT molecular complexity index is 676. The molecular formula is C12H13N3O3S2. The van der Waals surface area contributed by atoms with Crippen LogP contribution in [0.4, 0.5) is 10.8 Å². The molecule has 0 bridgehead atoms.